The van der Waals surface area contributed by atoms with E-state index in [-0.39, 0.29) is 17.4 Å². The van der Waals surface area contributed by atoms with E-state index in [9.17, 15) is 13.2 Å². The molecular formula is C23H24N2O5S. The third-order valence-electron chi connectivity index (χ3n) is 4.80. The Bertz CT molecular complexity index is 1140. The van der Waals surface area contributed by atoms with Gasteiger partial charge in [0, 0.05) is 24.9 Å². The number of aliphatic hydroxyl groups is 1. The Morgan fingerprint density at radius 1 is 1.03 bits per heavy atom. The van der Waals surface area contributed by atoms with Crippen LogP contribution in [-0.4, -0.2) is 40.2 Å². The molecule has 0 heterocycles. The zero-order chi connectivity index (χ0) is 22.4. The SMILES string of the molecule is COc1ccc(N(C)S(=O)(=O)c2ccc(C(=O)Nc3cccc(CCO)c3)cc2)cc1. The molecule has 31 heavy (non-hydrogen) atoms. The van der Waals surface area contributed by atoms with Crippen molar-refractivity contribution >= 4 is 27.3 Å². The minimum atomic E-state index is -3.79. The fraction of sp³-hybridized carbons (Fsp3) is 0.174. The van der Waals surface area contributed by atoms with Gasteiger partial charge in [0.1, 0.15) is 5.75 Å². The topological polar surface area (TPSA) is 95.9 Å². The van der Waals surface area contributed by atoms with E-state index < -0.39 is 10.0 Å². The molecule has 8 heteroatoms. The first-order valence-electron chi connectivity index (χ1n) is 9.59. The highest BCUT2D eigenvalue weighted by Crippen LogP contribution is 2.24. The number of ether oxygens (including phenoxy) is 1. The van der Waals surface area contributed by atoms with Gasteiger partial charge in [0.15, 0.2) is 0 Å². The largest absolute Gasteiger partial charge is 0.497 e. The summed E-state index contributed by atoms with van der Waals surface area (Å²) in [6, 6.07) is 19.7. The maximum Gasteiger partial charge on any atom is 0.264 e. The van der Waals surface area contributed by atoms with Crippen LogP contribution in [0.25, 0.3) is 0 Å². The van der Waals surface area contributed by atoms with E-state index in [2.05, 4.69) is 5.32 Å². The van der Waals surface area contributed by atoms with E-state index in [4.69, 9.17) is 9.84 Å². The molecule has 162 valence electrons. The van der Waals surface area contributed by atoms with Gasteiger partial charge < -0.3 is 15.2 Å². The Balaban J connectivity index is 1.75. The van der Waals surface area contributed by atoms with Crippen molar-refractivity contribution in [2.75, 3.05) is 30.4 Å². The van der Waals surface area contributed by atoms with Gasteiger partial charge in [0.2, 0.25) is 0 Å². The lowest BCUT2D eigenvalue weighted by Crippen LogP contribution is -2.26. The monoisotopic (exact) mass is 440 g/mol. The van der Waals surface area contributed by atoms with Crippen LogP contribution in [0.3, 0.4) is 0 Å². The number of carbonyl (C=O) groups excluding carboxylic acids is 1. The Hall–Kier alpha value is -3.36. The predicted molar refractivity (Wildman–Crippen MR) is 120 cm³/mol. The number of nitrogens with one attached hydrogen (secondary N) is 1. The molecule has 0 bridgehead atoms. The average Bonchev–Trinajstić information content (AvgIpc) is 2.79. The number of hydrogen-bond donors (Lipinski definition) is 2. The molecule has 3 aromatic carbocycles. The Kier molecular flexibility index (Phi) is 6.94. The number of benzene rings is 3. The van der Waals surface area contributed by atoms with Crippen LogP contribution < -0.4 is 14.4 Å². The van der Waals surface area contributed by atoms with Gasteiger partial charge in [-0.05, 0) is 72.6 Å². The summed E-state index contributed by atoms with van der Waals surface area (Å²) in [6.07, 6.45) is 0.498. The molecule has 0 aromatic heterocycles. The summed E-state index contributed by atoms with van der Waals surface area (Å²) in [4.78, 5) is 12.6. The Morgan fingerprint density at radius 2 is 1.71 bits per heavy atom. The summed E-state index contributed by atoms with van der Waals surface area (Å²) in [5, 5.41) is 11.8. The third-order valence-corrected chi connectivity index (χ3v) is 6.60. The standard InChI is InChI=1S/C23H24N2O5S/c1-25(20-8-10-21(30-2)11-9-20)31(28,29)22-12-6-18(7-13-22)23(27)24-19-5-3-4-17(16-19)14-15-26/h3-13,16,26H,14-15H2,1-2H3,(H,24,27). The lowest BCUT2D eigenvalue weighted by atomic mass is 10.1. The summed E-state index contributed by atoms with van der Waals surface area (Å²) in [5.41, 5.74) is 2.33. The quantitative estimate of drug-likeness (QED) is 0.560. The molecule has 0 aliphatic carbocycles. The van der Waals surface area contributed by atoms with E-state index in [1.165, 1.54) is 35.6 Å². The summed E-state index contributed by atoms with van der Waals surface area (Å²) in [7, 11) is -0.778. The summed E-state index contributed by atoms with van der Waals surface area (Å²) in [5.74, 6) is 0.278. The second-order valence-corrected chi connectivity index (χ2v) is 8.79. The van der Waals surface area contributed by atoms with Crippen molar-refractivity contribution in [1.82, 2.24) is 0 Å². The number of sulfonamides is 1. The van der Waals surface area contributed by atoms with Crippen LogP contribution in [0.5, 0.6) is 5.75 Å². The van der Waals surface area contributed by atoms with Crippen molar-refractivity contribution in [3.05, 3.63) is 83.9 Å². The number of rotatable bonds is 8. The molecule has 0 radical (unpaired) electrons. The van der Waals surface area contributed by atoms with Crippen LogP contribution in [0, 0.1) is 0 Å². The minimum absolute atomic E-state index is 0.0261. The molecule has 0 spiro atoms. The Morgan fingerprint density at radius 3 is 2.32 bits per heavy atom. The maximum atomic E-state index is 12.9. The van der Waals surface area contributed by atoms with Crippen LogP contribution in [-0.2, 0) is 16.4 Å². The fourth-order valence-corrected chi connectivity index (χ4v) is 4.20. The summed E-state index contributed by atoms with van der Waals surface area (Å²) < 4.78 is 32.1. The molecule has 0 atom stereocenters. The number of carbonyl (C=O) groups is 1. The first-order chi connectivity index (χ1) is 14.8. The van der Waals surface area contributed by atoms with Gasteiger partial charge >= 0.3 is 0 Å². The molecule has 0 fully saturated rings. The normalized spacial score (nSPS) is 11.1. The van der Waals surface area contributed by atoms with E-state index in [0.29, 0.717) is 29.1 Å². The second-order valence-electron chi connectivity index (χ2n) is 6.82. The molecule has 3 rings (SSSR count). The van der Waals surface area contributed by atoms with Crippen molar-refractivity contribution in [1.29, 1.82) is 0 Å². The number of hydrogen-bond acceptors (Lipinski definition) is 5. The van der Waals surface area contributed by atoms with Gasteiger partial charge in [0.05, 0.1) is 17.7 Å². The van der Waals surface area contributed by atoms with Crippen LogP contribution in [0.1, 0.15) is 15.9 Å². The van der Waals surface area contributed by atoms with Gasteiger partial charge in [-0.25, -0.2) is 8.42 Å². The van der Waals surface area contributed by atoms with Gasteiger partial charge in [0.25, 0.3) is 15.9 Å². The number of methoxy groups -OCH3 is 1. The summed E-state index contributed by atoms with van der Waals surface area (Å²) in [6.45, 7) is 0.0261. The first-order valence-corrected chi connectivity index (χ1v) is 11.0. The zero-order valence-corrected chi connectivity index (χ0v) is 18.1. The van der Waals surface area contributed by atoms with Crippen LogP contribution in [0.2, 0.25) is 0 Å². The molecule has 1 amide bonds. The molecule has 0 unspecified atom stereocenters. The molecule has 0 saturated heterocycles. The van der Waals surface area contributed by atoms with Crippen LogP contribution in [0.4, 0.5) is 11.4 Å². The first kappa shape index (κ1) is 22.3. The highest BCUT2D eigenvalue weighted by molar-refractivity contribution is 7.92. The zero-order valence-electron chi connectivity index (χ0n) is 17.3. The molecule has 7 nitrogen and oxygen atoms in total. The van der Waals surface area contributed by atoms with Gasteiger partial charge in [-0.15, -0.1) is 0 Å². The van der Waals surface area contributed by atoms with Crippen molar-refractivity contribution in [3.8, 4) is 5.75 Å². The lowest BCUT2D eigenvalue weighted by molar-refractivity contribution is 0.102. The third kappa shape index (κ3) is 5.22. The summed E-state index contributed by atoms with van der Waals surface area (Å²) >= 11 is 0. The molecular weight excluding hydrogens is 416 g/mol. The lowest BCUT2D eigenvalue weighted by Gasteiger charge is -2.20. The smallest absolute Gasteiger partial charge is 0.264 e. The molecule has 2 N–H and O–H groups in total. The van der Waals surface area contributed by atoms with Crippen molar-refractivity contribution in [3.63, 3.8) is 0 Å². The van der Waals surface area contributed by atoms with E-state index in [0.717, 1.165) is 5.56 Å². The number of anilines is 2. The van der Waals surface area contributed by atoms with Crippen LogP contribution in [0.15, 0.2) is 77.7 Å². The number of nitrogens with zero attached hydrogens (tertiary/aromatic N) is 1. The van der Waals surface area contributed by atoms with Crippen molar-refractivity contribution < 1.29 is 23.1 Å². The molecule has 0 aliphatic heterocycles. The number of aliphatic hydroxyl groups excluding tert-OH is 1. The van der Waals surface area contributed by atoms with Crippen molar-refractivity contribution in [2.45, 2.75) is 11.3 Å². The van der Waals surface area contributed by atoms with Gasteiger partial charge in [-0.3, -0.25) is 9.10 Å². The van der Waals surface area contributed by atoms with E-state index in [1.807, 2.05) is 6.07 Å². The molecule has 0 saturated carbocycles. The van der Waals surface area contributed by atoms with E-state index >= 15 is 0 Å². The predicted octanol–water partition coefficient (Wildman–Crippen LogP) is 3.31. The Labute approximate surface area is 182 Å². The highest BCUT2D eigenvalue weighted by atomic mass is 32.2. The minimum Gasteiger partial charge on any atom is -0.497 e. The van der Waals surface area contributed by atoms with Gasteiger partial charge in [-0.2, -0.15) is 0 Å². The average molecular weight is 441 g/mol. The highest BCUT2D eigenvalue weighted by Gasteiger charge is 2.21. The second kappa shape index (κ2) is 9.63. The van der Waals surface area contributed by atoms with E-state index in [1.54, 1.807) is 49.6 Å². The fourth-order valence-electron chi connectivity index (χ4n) is 3.00. The van der Waals surface area contributed by atoms with Gasteiger partial charge in [-0.1, -0.05) is 12.1 Å². The molecule has 0 aliphatic rings. The maximum absolute atomic E-state index is 12.9. The number of amides is 1. The van der Waals surface area contributed by atoms with Crippen LogP contribution >= 0.6 is 0 Å². The molecule has 3 aromatic rings. The van der Waals surface area contributed by atoms with Crippen molar-refractivity contribution in [2.24, 2.45) is 0 Å².